The van der Waals surface area contributed by atoms with Crippen LogP contribution in [0.3, 0.4) is 0 Å². The zero-order valence-electron chi connectivity index (χ0n) is 19.2. The Hall–Kier alpha value is -2.52. The van der Waals surface area contributed by atoms with Crippen LogP contribution in [-0.2, 0) is 18.5 Å². The maximum Gasteiger partial charge on any atom is 0.426 e. The molecule has 2 nitrogen and oxygen atoms in total. The lowest BCUT2D eigenvalue weighted by atomic mass is 9.77. The van der Waals surface area contributed by atoms with Gasteiger partial charge in [-0.1, -0.05) is 31.9 Å². The molecule has 0 spiro atoms. The molecule has 0 saturated heterocycles. The first-order chi connectivity index (χ1) is 16.3. The van der Waals surface area contributed by atoms with Crippen molar-refractivity contribution in [2.24, 2.45) is 5.92 Å². The molecule has 3 rings (SSSR count). The zero-order chi connectivity index (χ0) is 26.0. The first-order valence-corrected chi connectivity index (χ1v) is 11.3. The number of hydrogen-bond donors (Lipinski definition) is 0. The fourth-order valence-corrected chi connectivity index (χ4v) is 4.72. The summed E-state index contributed by atoms with van der Waals surface area (Å²) in [4.78, 5) is 0. The van der Waals surface area contributed by atoms with Crippen LogP contribution in [0.1, 0.15) is 73.6 Å². The second-order valence-corrected chi connectivity index (χ2v) is 8.76. The van der Waals surface area contributed by atoms with E-state index in [-0.39, 0.29) is 5.92 Å². The van der Waals surface area contributed by atoms with Crippen LogP contribution in [0.5, 0.6) is 11.5 Å². The van der Waals surface area contributed by atoms with Crippen molar-refractivity contribution in [3.63, 3.8) is 0 Å². The van der Waals surface area contributed by atoms with Crippen molar-refractivity contribution in [1.29, 1.82) is 0 Å². The highest BCUT2D eigenvalue weighted by molar-refractivity contribution is 5.52. The van der Waals surface area contributed by atoms with Gasteiger partial charge in [0.25, 0.3) is 0 Å². The lowest BCUT2D eigenvalue weighted by molar-refractivity contribution is -0.194. The molecule has 0 bridgehead atoms. The monoisotopic (exact) mass is 510 g/mol. The van der Waals surface area contributed by atoms with E-state index >= 15 is 0 Å². The molecule has 10 heteroatoms. The van der Waals surface area contributed by atoms with Crippen LogP contribution in [0.15, 0.2) is 36.4 Å². The fourth-order valence-electron chi connectivity index (χ4n) is 4.72. The van der Waals surface area contributed by atoms with E-state index in [2.05, 4.69) is 16.4 Å². The smallest absolute Gasteiger partial charge is 0.426 e. The van der Waals surface area contributed by atoms with E-state index in [0.29, 0.717) is 18.1 Å². The number of ether oxygens (including phenoxy) is 2. The van der Waals surface area contributed by atoms with Gasteiger partial charge in [0.1, 0.15) is 22.6 Å². The summed E-state index contributed by atoms with van der Waals surface area (Å²) in [7, 11) is 0.748. The van der Waals surface area contributed by atoms with Gasteiger partial charge >= 0.3 is 18.5 Å². The minimum atomic E-state index is -5.63. The molecular weight excluding hydrogens is 484 g/mol. The van der Waals surface area contributed by atoms with Crippen LogP contribution in [-0.4, -0.2) is 7.11 Å². The Balaban J connectivity index is 1.88. The van der Waals surface area contributed by atoms with Crippen molar-refractivity contribution in [3.8, 4) is 11.5 Å². The molecule has 0 atom stereocenters. The number of benzene rings is 2. The first kappa shape index (κ1) is 27.1. The molecule has 35 heavy (non-hydrogen) atoms. The third kappa shape index (κ3) is 6.19. The molecule has 1 aliphatic carbocycles. The molecule has 0 N–H and O–H groups in total. The maximum atomic E-state index is 14.8. The highest BCUT2D eigenvalue weighted by Crippen LogP contribution is 2.50. The molecule has 1 saturated carbocycles. The average Bonchev–Trinajstić information content (AvgIpc) is 2.78. The van der Waals surface area contributed by atoms with Gasteiger partial charge < -0.3 is 9.47 Å². The van der Waals surface area contributed by atoms with Crippen molar-refractivity contribution in [3.05, 3.63) is 58.7 Å². The second kappa shape index (κ2) is 10.2. The van der Waals surface area contributed by atoms with E-state index < -0.39 is 46.7 Å². The van der Waals surface area contributed by atoms with Crippen LogP contribution in [0.25, 0.3) is 0 Å². The standard InChI is InChI=1S/C25H26F8O2/c1-3-4-15-5-7-16(8-6-15)17-9-11-18(12-10-17)25(32,33)35-20-14-13-19(34-2)21(23(26,27)28)22(20)24(29,30)31/h9-16H,3-8H2,1-2H3. The summed E-state index contributed by atoms with van der Waals surface area (Å²) < 4.78 is 119. The van der Waals surface area contributed by atoms with Gasteiger partial charge in [-0.05, 0) is 67.3 Å². The predicted molar refractivity (Wildman–Crippen MR) is 114 cm³/mol. The van der Waals surface area contributed by atoms with E-state index in [9.17, 15) is 35.1 Å². The van der Waals surface area contributed by atoms with Crippen molar-refractivity contribution in [2.75, 3.05) is 7.11 Å². The zero-order valence-corrected chi connectivity index (χ0v) is 19.2. The average molecular weight is 510 g/mol. The molecule has 0 aromatic heterocycles. The van der Waals surface area contributed by atoms with Gasteiger partial charge in [-0.15, -0.1) is 0 Å². The normalized spacial score (nSPS) is 19.5. The SMILES string of the molecule is CCCC1CCC(c2ccc(C(F)(F)Oc3ccc(OC)c(C(F)(F)F)c3C(F)(F)F)cc2)CC1. The molecule has 1 aliphatic rings. The van der Waals surface area contributed by atoms with E-state index in [1.807, 2.05) is 0 Å². The van der Waals surface area contributed by atoms with Crippen LogP contribution in [0.2, 0.25) is 0 Å². The molecule has 0 aliphatic heterocycles. The number of alkyl halides is 8. The van der Waals surface area contributed by atoms with Gasteiger partial charge in [0.15, 0.2) is 0 Å². The molecule has 1 fully saturated rings. The summed E-state index contributed by atoms with van der Waals surface area (Å²) in [6.07, 6.45) is -9.31. The number of halogens is 8. The van der Waals surface area contributed by atoms with E-state index in [1.165, 1.54) is 12.1 Å². The van der Waals surface area contributed by atoms with Crippen LogP contribution in [0.4, 0.5) is 35.1 Å². The quantitative estimate of drug-likeness (QED) is 0.346. The molecule has 2 aromatic carbocycles. The van der Waals surface area contributed by atoms with Gasteiger partial charge in [0.05, 0.1) is 12.7 Å². The number of methoxy groups -OCH3 is 1. The summed E-state index contributed by atoms with van der Waals surface area (Å²) in [6, 6.07) is 5.92. The van der Waals surface area contributed by atoms with Crippen LogP contribution >= 0.6 is 0 Å². The summed E-state index contributed by atoms with van der Waals surface area (Å²) in [5.74, 6) is -1.95. The van der Waals surface area contributed by atoms with Gasteiger partial charge in [0, 0.05) is 0 Å². The Bertz CT molecular complexity index is 988. The Morgan fingerprint density at radius 2 is 1.26 bits per heavy atom. The van der Waals surface area contributed by atoms with Crippen molar-refractivity contribution < 1.29 is 44.6 Å². The van der Waals surface area contributed by atoms with Gasteiger partial charge in [0.2, 0.25) is 0 Å². The second-order valence-electron chi connectivity index (χ2n) is 8.76. The summed E-state index contributed by atoms with van der Waals surface area (Å²) in [5.41, 5.74) is -4.53. The predicted octanol–water partition coefficient (Wildman–Crippen LogP) is 8.94. The van der Waals surface area contributed by atoms with Crippen LogP contribution in [0, 0.1) is 5.92 Å². The van der Waals surface area contributed by atoms with E-state index in [0.717, 1.165) is 63.3 Å². The van der Waals surface area contributed by atoms with Crippen LogP contribution < -0.4 is 9.47 Å². The molecule has 0 heterocycles. The minimum Gasteiger partial charge on any atom is -0.496 e. The third-order valence-corrected chi connectivity index (χ3v) is 6.42. The third-order valence-electron chi connectivity index (χ3n) is 6.42. The summed E-state index contributed by atoms with van der Waals surface area (Å²) >= 11 is 0. The maximum absolute atomic E-state index is 14.8. The fraction of sp³-hybridized carbons (Fsp3) is 0.520. The Morgan fingerprint density at radius 1 is 0.743 bits per heavy atom. The summed E-state index contributed by atoms with van der Waals surface area (Å²) in [6.45, 7) is 2.13. The highest BCUT2D eigenvalue weighted by Gasteiger charge is 2.49. The molecule has 2 aromatic rings. The lowest BCUT2D eigenvalue weighted by Gasteiger charge is -2.29. The molecule has 0 amide bonds. The first-order valence-electron chi connectivity index (χ1n) is 11.3. The van der Waals surface area contributed by atoms with Gasteiger partial charge in [-0.2, -0.15) is 35.1 Å². The molecule has 0 radical (unpaired) electrons. The van der Waals surface area contributed by atoms with Crippen molar-refractivity contribution in [1.82, 2.24) is 0 Å². The lowest BCUT2D eigenvalue weighted by Crippen LogP contribution is -2.26. The molecule has 194 valence electrons. The van der Waals surface area contributed by atoms with Crippen molar-refractivity contribution in [2.45, 2.75) is 69.8 Å². The number of hydrogen-bond acceptors (Lipinski definition) is 2. The Labute approximate surface area is 198 Å². The van der Waals surface area contributed by atoms with Crippen molar-refractivity contribution >= 4 is 0 Å². The van der Waals surface area contributed by atoms with E-state index in [1.54, 1.807) is 0 Å². The molecular formula is C25H26F8O2. The Kier molecular flexibility index (Phi) is 7.91. The Morgan fingerprint density at radius 3 is 1.74 bits per heavy atom. The largest absolute Gasteiger partial charge is 0.496 e. The topological polar surface area (TPSA) is 18.5 Å². The number of rotatable bonds is 7. The summed E-state index contributed by atoms with van der Waals surface area (Å²) in [5, 5.41) is 0. The van der Waals surface area contributed by atoms with Gasteiger partial charge in [-0.25, -0.2) is 0 Å². The van der Waals surface area contributed by atoms with E-state index in [4.69, 9.17) is 0 Å². The molecule has 0 unspecified atom stereocenters. The minimum absolute atomic E-state index is 0.194. The van der Waals surface area contributed by atoms with Gasteiger partial charge in [-0.3, -0.25) is 0 Å². The highest BCUT2D eigenvalue weighted by atomic mass is 19.4.